The van der Waals surface area contributed by atoms with Gasteiger partial charge in [-0.05, 0) is 25.3 Å². The number of nitrogens with one attached hydrogen (secondary N) is 1. The average molecular weight is 255 g/mol. The minimum absolute atomic E-state index is 0.932. The van der Waals surface area contributed by atoms with Crippen LogP contribution in [0.2, 0.25) is 0 Å². The smallest absolute Gasteiger partial charge is 0.106 e. The Morgan fingerprint density at radius 3 is 2.95 bits per heavy atom. The Morgan fingerprint density at radius 1 is 1.26 bits per heavy atom. The first kappa shape index (κ1) is 12.4. The van der Waals surface area contributed by atoms with Crippen molar-refractivity contribution < 1.29 is 0 Å². The lowest BCUT2D eigenvalue weighted by Crippen LogP contribution is -2.25. The van der Waals surface area contributed by atoms with Gasteiger partial charge in [0.05, 0.1) is 5.69 Å². The third-order valence-electron chi connectivity index (χ3n) is 3.87. The normalized spacial score (nSPS) is 14.4. The molecule has 1 aromatic heterocycles. The Hall–Kier alpha value is -1.61. The van der Waals surface area contributed by atoms with E-state index in [0.717, 1.165) is 32.5 Å². The maximum Gasteiger partial charge on any atom is 0.106 e. The zero-order valence-corrected chi connectivity index (χ0v) is 11.5. The van der Waals surface area contributed by atoms with Crippen LogP contribution < -0.4 is 5.32 Å². The number of hydrogen-bond donors (Lipinski definition) is 1. The average Bonchev–Trinajstić information content (AvgIpc) is 2.76. The molecule has 2 heterocycles. The second-order valence-corrected chi connectivity index (χ2v) is 5.22. The van der Waals surface area contributed by atoms with Gasteiger partial charge < -0.3 is 9.88 Å². The minimum Gasteiger partial charge on any atom is -0.332 e. The second-order valence-electron chi connectivity index (χ2n) is 5.22. The maximum atomic E-state index is 4.68. The molecule has 1 N–H and O–H groups in total. The highest BCUT2D eigenvalue weighted by Gasteiger charge is 2.17. The Labute approximate surface area is 114 Å². The molecule has 0 saturated carbocycles. The first-order valence-electron chi connectivity index (χ1n) is 7.14. The van der Waals surface area contributed by atoms with Crippen molar-refractivity contribution in [3.05, 3.63) is 53.1 Å². The van der Waals surface area contributed by atoms with Gasteiger partial charge in [-0.15, -0.1) is 0 Å². The first-order valence-corrected chi connectivity index (χ1v) is 7.14. The zero-order valence-electron chi connectivity index (χ0n) is 11.5. The molecule has 0 spiro atoms. The third kappa shape index (κ3) is 2.71. The summed E-state index contributed by atoms with van der Waals surface area (Å²) in [4.78, 5) is 4.68. The largest absolute Gasteiger partial charge is 0.332 e. The van der Waals surface area contributed by atoms with Crippen molar-refractivity contribution in [2.24, 2.45) is 0 Å². The van der Waals surface area contributed by atoms with Crippen LogP contribution in [0.4, 0.5) is 0 Å². The molecule has 3 rings (SSSR count). The van der Waals surface area contributed by atoms with Crippen LogP contribution in [-0.2, 0) is 25.9 Å². The Bertz CT molecular complexity index is 543. The van der Waals surface area contributed by atoms with Gasteiger partial charge in [0.2, 0.25) is 0 Å². The van der Waals surface area contributed by atoms with E-state index in [9.17, 15) is 0 Å². The fourth-order valence-corrected chi connectivity index (χ4v) is 2.89. The number of benzene rings is 1. The summed E-state index contributed by atoms with van der Waals surface area (Å²) in [7, 11) is 0. The fourth-order valence-electron chi connectivity index (χ4n) is 2.89. The van der Waals surface area contributed by atoms with Crippen molar-refractivity contribution in [3.63, 3.8) is 0 Å². The molecule has 0 unspecified atom stereocenters. The molecule has 1 aromatic carbocycles. The number of hydrogen-bond acceptors (Lipinski definition) is 2. The van der Waals surface area contributed by atoms with E-state index in [1.807, 2.05) is 0 Å². The number of imidazole rings is 1. The Balaban J connectivity index is 1.65. The molecule has 0 fully saturated rings. The van der Waals surface area contributed by atoms with Crippen molar-refractivity contribution in [1.29, 1.82) is 0 Å². The van der Waals surface area contributed by atoms with Crippen LogP contribution in [0, 0.1) is 6.92 Å². The molecule has 2 aromatic rings. The van der Waals surface area contributed by atoms with Gasteiger partial charge >= 0.3 is 0 Å². The van der Waals surface area contributed by atoms with E-state index < -0.39 is 0 Å². The van der Waals surface area contributed by atoms with Gasteiger partial charge in [0.1, 0.15) is 5.82 Å². The molecule has 3 heteroatoms. The highest BCUT2D eigenvalue weighted by Crippen LogP contribution is 2.16. The van der Waals surface area contributed by atoms with E-state index in [1.54, 1.807) is 0 Å². The van der Waals surface area contributed by atoms with Gasteiger partial charge in [-0.2, -0.15) is 0 Å². The molecule has 1 aliphatic heterocycles. The van der Waals surface area contributed by atoms with Crippen LogP contribution >= 0.6 is 0 Å². The predicted molar refractivity (Wildman–Crippen MR) is 77.1 cm³/mol. The summed E-state index contributed by atoms with van der Waals surface area (Å²) in [6.07, 6.45) is 3.44. The van der Waals surface area contributed by atoms with Crippen molar-refractivity contribution in [1.82, 2.24) is 14.9 Å². The molecular weight excluding hydrogens is 234 g/mol. The summed E-state index contributed by atoms with van der Waals surface area (Å²) < 4.78 is 2.42. The van der Waals surface area contributed by atoms with Crippen LogP contribution in [0.1, 0.15) is 29.2 Å². The molecule has 0 amide bonds. The fraction of sp³-hybridized carbons (Fsp3) is 0.438. The molecule has 1 aliphatic rings. The monoisotopic (exact) mass is 255 g/mol. The molecule has 0 saturated heterocycles. The standard InChI is InChI=1S/C16H21N3/c1-13-18-15-12-17-10-9-16(15)19(13)11-5-8-14-6-3-2-4-7-14/h2-4,6-7,17H,5,8-12H2,1H3. The van der Waals surface area contributed by atoms with Crippen molar-refractivity contribution in [3.8, 4) is 0 Å². The second kappa shape index (κ2) is 5.57. The predicted octanol–water partition coefficient (Wildman–Crippen LogP) is 2.47. The molecule has 19 heavy (non-hydrogen) atoms. The lowest BCUT2D eigenvalue weighted by molar-refractivity contribution is 0.564. The summed E-state index contributed by atoms with van der Waals surface area (Å²) in [5, 5.41) is 3.39. The number of aryl methyl sites for hydroxylation is 2. The Kier molecular flexibility index (Phi) is 3.65. The molecule has 100 valence electrons. The summed E-state index contributed by atoms with van der Waals surface area (Å²) in [5.74, 6) is 1.17. The Morgan fingerprint density at radius 2 is 2.11 bits per heavy atom. The van der Waals surface area contributed by atoms with Gasteiger partial charge in [0.15, 0.2) is 0 Å². The quantitative estimate of drug-likeness (QED) is 0.909. The molecular formula is C16H21N3. The lowest BCUT2D eigenvalue weighted by atomic mass is 10.1. The zero-order chi connectivity index (χ0) is 13.1. The van der Waals surface area contributed by atoms with Crippen LogP contribution in [-0.4, -0.2) is 16.1 Å². The van der Waals surface area contributed by atoms with E-state index in [-0.39, 0.29) is 0 Å². The van der Waals surface area contributed by atoms with Gasteiger partial charge in [-0.25, -0.2) is 4.98 Å². The van der Waals surface area contributed by atoms with E-state index >= 15 is 0 Å². The van der Waals surface area contributed by atoms with Crippen LogP contribution in [0.3, 0.4) is 0 Å². The van der Waals surface area contributed by atoms with Crippen molar-refractivity contribution in [2.45, 2.75) is 39.3 Å². The van der Waals surface area contributed by atoms with Gasteiger partial charge in [0.25, 0.3) is 0 Å². The highest BCUT2D eigenvalue weighted by molar-refractivity contribution is 5.20. The SMILES string of the molecule is Cc1nc2c(n1CCCc1ccccc1)CCNC2. The van der Waals surface area contributed by atoms with Crippen LogP contribution in [0.5, 0.6) is 0 Å². The summed E-state index contributed by atoms with van der Waals surface area (Å²) >= 11 is 0. The number of rotatable bonds is 4. The molecule has 0 aliphatic carbocycles. The summed E-state index contributed by atoms with van der Waals surface area (Å²) in [5.41, 5.74) is 4.13. The number of nitrogens with zero attached hydrogens (tertiary/aromatic N) is 2. The highest BCUT2D eigenvalue weighted by atomic mass is 15.1. The topological polar surface area (TPSA) is 29.9 Å². The van der Waals surface area contributed by atoms with Crippen LogP contribution in [0.15, 0.2) is 30.3 Å². The first-order chi connectivity index (χ1) is 9.34. The minimum atomic E-state index is 0.932. The summed E-state index contributed by atoms with van der Waals surface area (Å²) in [6, 6.07) is 10.7. The third-order valence-corrected chi connectivity index (χ3v) is 3.87. The van der Waals surface area contributed by atoms with Gasteiger partial charge in [0, 0.05) is 31.7 Å². The molecule has 0 atom stereocenters. The van der Waals surface area contributed by atoms with E-state index in [2.05, 4.69) is 52.1 Å². The molecule has 0 radical (unpaired) electrons. The van der Waals surface area contributed by atoms with Gasteiger partial charge in [-0.1, -0.05) is 30.3 Å². The maximum absolute atomic E-state index is 4.68. The van der Waals surface area contributed by atoms with E-state index in [0.29, 0.717) is 0 Å². The summed E-state index contributed by atoms with van der Waals surface area (Å²) in [6.45, 7) is 5.22. The van der Waals surface area contributed by atoms with Gasteiger partial charge in [-0.3, -0.25) is 0 Å². The number of fused-ring (bicyclic) bond motifs is 1. The lowest BCUT2D eigenvalue weighted by Gasteiger charge is -2.15. The van der Waals surface area contributed by atoms with E-state index in [4.69, 9.17) is 0 Å². The van der Waals surface area contributed by atoms with Crippen molar-refractivity contribution >= 4 is 0 Å². The van der Waals surface area contributed by atoms with Crippen molar-refractivity contribution in [2.75, 3.05) is 6.54 Å². The molecule has 3 nitrogen and oxygen atoms in total. The van der Waals surface area contributed by atoms with Crippen LogP contribution in [0.25, 0.3) is 0 Å². The molecule has 0 bridgehead atoms. The van der Waals surface area contributed by atoms with E-state index in [1.165, 1.54) is 29.2 Å². The number of aromatic nitrogens is 2.